The molecule has 0 atom stereocenters. The molecule has 0 rings (SSSR count). The number of hydrogen-bond acceptors (Lipinski definition) is 3. The van der Waals surface area contributed by atoms with Crippen molar-refractivity contribution >= 4 is 18.4 Å². The zero-order valence-electron chi connectivity index (χ0n) is 5.81. The molecule has 2 amide bonds. The lowest BCUT2D eigenvalue weighted by Crippen LogP contribution is -2.47. The summed E-state index contributed by atoms with van der Waals surface area (Å²) in [7, 11) is 0. The van der Waals surface area contributed by atoms with Gasteiger partial charge in [-0.3, -0.25) is 10.9 Å². The van der Waals surface area contributed by atoms with Crippen molar-refractivity contribution in [3.05, 3.63) is 0 Å². The van der Waals surface area contributed by atoms with Gasteiger partial charge in [0, 0.05) is 6.54 Å². The average molecular weight is 169 g/mol. The van der Waals surface area contributed by atoms with Crippen LogP contribution in [0.25, 0.3) is 0 Å². The van der Waals surface area contributed by atoms with E-state index in [9.17, 15) is 4.79 Å². The topological polar surface area (TPSA) is 79.2 Å². The molecular formula is C4H13ClN4O. The molecule has 0 aliphatic carbocycles. The maximum Gasteiger partial charge on any atom is 0.343 e. The van der Waals surface area contributed by atoms with Crippen molar-refractivity contribution in [2.24, 2.45) is 5.84 Å². The summed E-state index contributed by atoms with van der Waals surface area (Å²) in [5, 5.41) is 0. The van der Waals surface area contributed by atoms with Gasteiger partial charge in [0.2, 0.25) is 0 Å². The molecule has 0 aromatic heterocycles. The van der Waals surface area contributed by atoms with E-state index in [-0.39, 0.29) is 12.4 Å². The maximum atomic E-state index is 10.3. The number of rotatable bonds is 3. The maximum absolute atomic E-state index is 10.3. The number of amides is 2. The van der Waals surface area contributed by atoms with E-state index in [1.165, 1.54) is 0 Å². The quantitative estimate of drug-likeness (QED) is 0.199. The molecule has 0 saturated heterocycles. The largest absolute Gasteiger partial charge is 0.343 e. The monoisotopic (exact) mass is 168 g/mol. The van der Waals surface area contributed by atoms with Crippen molar-refractivity contribution in [1.29, 1.82) is 0 Å². The first-order valence-corrected chi connectivity index (χ1v) is 2.80. The molecule has 5 N–H and O–H groups in total. The smallest absolute Gasteiger partial charge is 0.275 e. The van der Waals surface area contributed by atoms with Gasteiger partial charge >= 0.3 is 6.03 Å². The Bertz CT molecular complexity index is 89.3. The van der Waals surface area contributed by atoms with Crippen LogP contribution >= 0.6 is 12.4 Å². The van der Waals surface area contributed by atoms with Gasteiger partial charge in [0.15, 0.2) is 0 Å². The van der Waals surface area contributed by atoms with Gasteiger partial charge < -0.3 is 0 Å². The third kappa shape index (κ3) is 7.48. The fourth-order valence-electron chi connectivity index (χ4n) is 0.304. The van der Waals surface area contributed by atoms with E-state index in [0.717, 1.165) is 13.0 Å². The number of halogens is 1. The molecule has 0 aliphatic rings. The minimum Gasteiger partial charge on any atom is -0.275 e. The summed E-state index contributed by atoms with van der Waals surface area (Å²) in [6.45, 7) is 2.74. The Morgan fingerprint density at radius 1 is 1.60 bits per heavy atom. The van der Waals surface area contributed by atoms with Crippen LogP contribution in [0.5, 0.6) is 0 Å². The minimum atomic E-state index is -0.427. The predicted octanol–water partition coefficient (Wildman–Crippen LogP) is -0.504. The highest BCUT2D eigenvalue weighted by Gasteiger charge is 1.90. The summed E-state index contributed by atoms with van der Waals surface area (Å²) < 4.78 is 0. The van der Waals surface area contributed by atoms with Crippen LogP contribution in [0.1, 0.15) is 13.3 Å². The van der Waals surface area contributed by atoms with Gasteiger partial charge in [0.25, 0.3) is 0 Å². The van der Waals surface area contributed by atoms with Gasteiger partial charge in [-0.15, -0.1) is 12.4 Å². The average Bonchev–Trinajstić information content (AvgIpc) is 1.89. The number of hydrazine groups is 2. The normalized spacial score (nSPS) is 7.80. The number of carbonyl (C=O) groups excluding carboxylic acids is 1. The van der Waals surface area contributed by atoms with E-state index in [2.05, 4.69) is 10.9 Å². The Morgan fingerprint density at radius 2 is 2.20 bits per heavy atom. The van der Waals surface area contributed by atoms with Crippen LogP contribution in [0, 0.1) is 0 Å². The SMILES string of the molecule is CCCNNC(=O)NN.Cl. The number of nitrogens with one attached hydrogen (secondary N) is 3. The van der Waals surface area contributed by atoms with Crippen LogP contribution in [0.4, 0.5) is 4.79 Å². The van der Waals surface area contributed by atoms with Crippen molar-refractivity contribution in [2.45, 2.75) is 13.3 Å². The van der Waals surface area contributed by atoms with Crippen LogP contribution in [-0.2, 0) is 0 Å². The Balaban J connectivity index is 0. The molecule has 0 fully saturated rings. The molecule has 0 unspecified atom stereocenters. The van der Waals surface area contributed by atoms with Crippen LogP contribution in [0.3, 0.4) is 0 Å². The van der Waals surface area contributed by atoms with Crippen molar-refractivity contribution in [1.82, 2.24) is 16.3 Å². The van der Waals surface area contributed by atoms with Gasteiger partial charge in [-0.25, -0.2) is 16.1 Å². The van der Waals surface area contributed by atoms with E-state index in [1.54, 1.807) is 0 Å². The molecule has 0 spiro atoms. The van der Waals surface area contributed by atoms with E-state index in [4.69, 9.17) is 5.84 Å². The minimum absolute atomic E-state index is 0. The number of urea groups is 1. The second-order valence-electron chi connectivity index (χ2n) is 1.53. The Kier molecular flexibility index (Phi) is 10.3. The summed E-state index contributed by atoms with van der Waals surface area (Å²) in [6, 6.07) is -0.427. The molecule has 0 saturated carbocycles. The van der Waals surface area contributed by atoms with E-state index >= 15 is 0 Å². The van der Waals surface area contributed by atoms with Crippen molar-refractivity contribution in [2.75, 3.05) is 6.54 Å². The highest BCUT2D eigenvalue weighted by molar-refractivity contribution is 5.85. The second-order valence-corrected chi connectivity index (χ2v) is 1.53. The second kappa shape index (κ2) is 8.48. The van der Waals surface area contributed by atoms with Gasteiger partial charge in [-0.05, 0) is 6.42 Å². The molecule has 0 heterocycles. The fourth-order valence-corrected chi connectivity index (χ4v) is 0.304. The Morgan fingerprint density at radius 3 is 2.60 bits per heavy atom. The lowest BCUT2D eigenvalue weighted by molar-refractivity contribution is 0.236. The summed E-state index contributed by atoms with van der Waals surface area (Å²) in [5.74, 6) is 4.75. The first-order chi connectivity index (χ1) is 4.31. The fraction of sp³-hybridized carbons (Fsp3) is 0.750. The van der Waals surface area contributed by atoms with Crippen LogP contribution in [0.2, 0.25) is 0 Å². The molecule has 0 aromatic rings. The lowest BCUT2D eigenvalue weighted by atomic mass is 10.5. The summed E-state index contributed by atoms with van der Waals surface area (Å²) in [5.41, 5.74) is 6.86. The zero-order valence-corrected chi connectivity index (χ0v) is 6.62. The molecule has 6 heteroatoms. The van der Waals surface area contributed by atoms with Crippen LogP contribution in [0.15, 0.2) is 0 Å². The number of nitrogens with two attached hydrogens (primary N) is 1. The van der Waals surface area contributed by atoms with Crippen LogP contribution < -0.4 is 22.1 Å². The zero-order chi connectivity index (χ0) is 7.11. The molecule has 0 bridgehead atoms. The summed E-state index contributed by atoms with van der Waals surface area (Å²) >= 11 is 0. The van der Waals surface area contributed by atoms with Crippen molar-refractivity contribution in [3.8, 4) is 0 Å². The standard InChI is InChI=1S/C4H12N4O.ClH/c1-2-3-6-8-4(9)7-5;/h6H,2-3,5H2,1H3,(H2,7,8,9);1H. The lowest BCUT2D eigenvalue weighted by Gasteiger charge is -2.02. The van der Waals surface area contributed by atoms with Gasteiger partial charge in [0.05, 0.1) is 0 Å². The van der Waals surface area contributed by atoms with E-state index < -0.39 is 6.03 Å². The van der Waals surface area contributed by atoms with Crippen molar-refractivity contribution in [3.63, 3.8) is 0 Å². The van der Waals surface area contributed by atoms with Gasteiger partial charge in [0.1, 0.15) is 0 Å². The van der Waals surface area contributed by atoms with E-state index in [1.807, 2.05) is 12.3 Å². The third-order valence-electron chi connectivity index (χ3n) is 0.708. The molecule has 10 heavy (non-hydrogen) atoms. The number of hydrogen-bond donors (Lipinski definition) is 4. The first-order valence-electron chi connectivity index (χ1n) is 2.80. The highest BCUT2D eigenvalue weighted by Crippen LogP contribution is 1.64. The first kappa shape index (κ1) is 12.2. The molecule has 0 radical (unpaired) electrons. The molecule has 5 nitrogen and oxygen atoms in total. The number of carbonyl (C=O) groups is 1. The van der Waals surface area contributed by atoms with Crippen molar-refractivity contribution < 1.29 is 4.79 Å². The Labute approximate surface area is 66.1 Å². The highest BCUT2D eigenvalue weighted by atomic mass is 35.5. The van der Waals surface area contributed by atoms with Gasteiger partial charge in [-0.2, -0.15) is 0 Å². The predicted molar refractivity (Wildman–Crippen MR) is 41.4 cm³/mol. The Hall–Kier alpha value is -0.520. The summed E-state index contributed by atoms with van der Waals surface area (Å²) in [6.07, 6.45) is 0.963. The summed E-state index contributed by atoms with van der Waals surface area (Å²) in [4.78, 5) is 10.3. The van der Waals surface area contributed by atoms with E-state index in [0.29, 0.717) is 0 Å². The molecule has 62 valence electrons. The molecule has 0 aromatic carbocycles. The molecular weight excluding hydrogens is 156 g/mol. The van der Waals surface area contributed by atoms with Gasteiger partial charge in [-0.1, -0.05) is 6.92 Å². The third-order valence-corrected chi connectivity index (χ3v) is 0.708. The molecule has 0 aliphatic heterocycles. The van der Waals surface area contributed by atoms with Crippen LogP contribution in [-0.4, -0.2) is 12.6 Å².